The molecule has 0 saturated carbocycles. The summed E-state index contributed by atoms with van der Waals surface area (Å²) in [5.74, 6) is 0. The SMILES string of the molecule is C/C(=N/O)c1sc(-c2cccnc2)nc1C. The van der Waals surface area contributed by atoms with Crippen molar-refractivity contribution in [3.05, 3.63) is 35.1 Å². The predicted octanol–water partition coefficient (Wildman–Crippen LogP) is 2.71. The summed E-state index contributed by atoms with van der Waals surface area (Å²) in [7, 11) is 0. The van der Waals surface area contributed by atoms with Gasteiger partial charge < -0.3 is 5.21 Å². The molecule has 0 aliphatic carbocycles. The first-order valence-electron chi connectivity index (χ1n) is 4.79. The van der Waals surface area contributed by atoms with Gasteiger partial charge in [-0.3, -0.25) is 4.98 Å². The summed E-state index contributed by atoms with van der Waals surface area (Å²) >= 11 is 1.50. The maximum Gasteiger partial charge on any atom is 0.125 e. The molecule has 2 heterocycles. The zero-order valence-corrected chi connectivity index (χ0v) is 9.82. The molecule has 0 fully saturated rings. The van der Waals surface area contributed by atoms with Gasteiger partial charge in [-0.15, -0.1) is 11.3 Å². The van der Waals surface area contributed by atoms with Crippen LogP contribution < -0.4 is 0 Å². The molecule has 0 aliphatic heterocycles. The second-order valence-corrected chi connectivity index (χ2v) is 4.36. The van der Waals surface area contributed by atoms with E-state index < -0.39 is 0 Å². The maximum absolute atomic E-state index is 8.75. The summed E-state index contributed by atoms with van der Waals surface area (Å²) in [6.45, 7) is 3.66. The Labute approximate surface area is 97.3 Å². The molecule has 1 N–H and O–H groups in total. The topological polar surface area (TPSA) is 58.4 Å². The van der Waals surface area contributed by atoms with Gasteiger partial charge in [0, 0.05) is 18.0 Å². The highest BCUT2D eigenvalue weighted by molar-refractivity contribution is 7.17. The van der Waals surface area contributed by atoms with Crippen LogP contribution in [0.15, 0.2) is 29.7 Å². The van der Waals surface area contributed by atoms with E-state index in [4.69, 9.17) is 5.21 Å². The molecule has 0 unspecified atom stereocenters. The highest BCUT2D eigenvalue weighted by atomic mass is 32.1. The van der Waals surface area contributed by atoms with Crippen molar-refractivity contribution in [1.29, 1.82) is 0 Å². The van der Waals surface area contributed by atoms with E-state index in [9.17, 15) is 0 Å². The van der Waals surface area contributed by atoms with E-state index in [0.717, 1.165) is 21.1 Å². The summed E-state index contributed by atoms with van der Waals surface area (Å²) in [6, 6.07) is 3.83. The Bertz CT molecular complexity index is 519. The van der Waals surface area contributed by atoms with Gasteiger partial charge in [0.2, 0.25) is 0 Å². The van der Waals surface area contributed by atoms with Crippen LogP contribution in [0.3, 0.4) is 0 Å². The van der Waals surface area contributed by atoms with E-state index in [2.05, 4.69) is 15.1 Å². The van der Waals surface area contributed by atoms with Crippen LogP contribution in [0.2, 0.25) is 0 Å². The fourth-order valence-electron chi connectivity index (χ4n) is 1.39. The number of pyridine rings is 1. The Morgan fingerprint density at radius 3 is 2.94 bits per heavy atom. The van der Waals surface area contributed by atoms with Crippen LogP contribution in [0, 0.1) is 6.92 Å². The van der Waals surface area contributed by atoms with Gasteiger partial charge in [-0.2, -0.15) is 0 Å². The van der Waals surface area contributed by atoms with Crippen molar-refractivity contribution in [1.82, 2.24) is 9.97 Å². The molecular weight excluding hydrogens is 222 g/mol. The Kier molecular flexibility index (Phi) is 2.96. The van der Waals surface area contributed by atoms with Crippen LogP contribution >= 0.6 is 11.3 Å². The van der Waals surface area contributed by atoms with Crippen molar-refractivity contribution in [2.24, 2.45) is 5.16 Å². The molecule has 82 valence electrons. The first-order chi connectivity index (χ1) is 7.72. The fourth-order valence-corrected chi connectivity index (χ4v) is 2.39. The van der Waals surface area contributed by atoms with E-state index >= 15 is 0 Å². The van der Waals surface area contributed by atoms with E-state index in [-0.39, 0.29) is 0 Å². The minimum absolute atomic E-state index is 0.588. The maximum atomic E-state index is 8.75. The summed E-state index contributed by atoms with van der Waals surface area (Å²) in [4.78, 5) is 9.39. The van der Waals surface area contributed by atoms with Crippen molar-refractivity contribution in [2.45, 2.75) is 13.8 Å². The fraction of sp³-hybridized carbons (Fsp3) is 0.182. The molecule has 16 heavy (non-hydrogen) atoms. The average Bonchev–Trinajstić information content (AvgIpc) is 2.71. The molecule has 4 nitrogen and oxygen atoms in total. The molecule has 0 aromatic carbocycles. The number of rotatable bonds is 2. The van der Waals surface area contributed by atoms with Gasteiger partial charge in [0.15, 0.2) is 0 Å². The van der Waals surface area contributed by atoms with Crippen molar-refractivity contribution in [3.63, 3.8) is 0 Å². The van der Waals surface area contributed by atoms with Gasteiger partial charge >= 0.3 is 0 Å². The minimum atomic E-state index is 0.588. The Hall–Kier alpha value is -1.75. The molecule has 0 saturated heterocycles. The number of thiazole rings is 1. The number of hydrogen-bond acceptors (Lipinski definition) is 5. The third kappa shape index (κ3) is 1.94. The molecule has 0 amide bonds. The number of aromatic nitrogens is 2. The smallest absolute Gasteiger partial charge is 0.125 e. The molecule has 0 atom stereocenters. The zero-order chi connectivity index (χ0) is 11.5. The van der Waals surface area contributed by atoms with Gasteiger partial charge in [-0.05, 0) is 26.0 Å². The second-order valence-electron chi connectivity index (χ2n) is 3.36. The summed E-state index contributed by atoms with van der Waals surface area (Å²) in [6.07, 6.45) is 3.50. The molecule has 0 radical (unpaired) electrons. The van der Waals surface area contributed by atoms with E-state index in [0.29, 0.717) is 5.71 Å². The monoisotopic (exact) mass is 233 g/mol. The number of nitrogens with zero attached hydrogens (tertiary/aromatic N) is 3. The molecule has 5 heteroatoms. The van der Waals surface area contributed by atoms with Crippen molar-refractivity contribution in [3.8, 4) is 10.6 Å². The van der Waals surface area contributed by atoms with E-state index in [1.165, 1.54) is 11.3 Å². The average molecular weight is 233 g/mol. The second kappa shape index (κ2) is 4.40. The summed E-state index contributed by atoms with van der Waals surface area (Å²) in [5, 5.41) is 12.8. The van der Waals surface area contributed by atoms with Gasteiger partial charge in [0.1, 0.15) is 5.01 Å². The third-order valence-electron chi connectivity index (χ3n) is 2.18. The van der Waals surface area contributed by atoms with Crippen LogP contribution in [0.25, 0.3) is 10.6 Å². The Morgan fingerprint density at radius 1 is 1.50 bits per heavy atom. The molecular formula is C11H11N3OS. The zero-order valence-electron chi connectivity index (χ0n) is 9.01. The van der Waals surface area contributed by atoms with Crippen LogP contribution in [0.5, 0.6) is 0 Å². The lowest BCUT2D eigenvalue weighted by Crippen LogP contribution is -1.92. The van der Waals surface area contributed by atoms with Gasteiger partial charge in [-0.25, -0.2) is 4.98 Å². The lowest BCUT2D eigenvalue weighted by atomic mass is 10.3. The summed E-state index contributed by atoms with van der Waals surface area (Å²) in [5.41, 5.74) is 2.44. The summed E-state index contributed by atoms with van der Waals surface area (Å²) < 4.78 is 0. The molecule has 2 aromatic rings. The highest BCUT2D eigenvalue weighted by Crippen LogP contribution is 2.27. The van der Waals surface area contributed by atoms with Crippen molar-refractivity contribution in [2.75, 3.05) is 0 Å². The molecule has 2 aromatic heterocycles. The highest BCUT2D eigenvalue weighted by Gasteiger charge is 2.11. The molecule has 0 spiro atoms. The van der Waals surface area contributed by atoms with Gasteiger partial charge in [-0.1, -0.05) is 5.16 Å². The van der Waals surface area contributed by atoms with E-state index in [1.807, 2.05) is 19.1 Å². The number of aryl methyl sites for hydroxylation is 1. The Morgan fingerprint density at radius 2 is 2.31 bits per heavy atom. The Balaban J connectivity index is 2.46. The first-order valence-corrected chi connectivity index (χ1v) is 5.61. The van der Waals surface area contributed by atoms with E-state index in [1.54, 1.807) is 19.3 Å². The predicted molar refractivity (Wildman–Crippen MR) is 64.1 cm³/mol. The molecule has 0 bridgehead atoms. The lowest BCUT2D eigenvalue weighted by molar-refractivity contribution is 0.319. The van der Waals surface area contributed by atoms with Crippen LogP contribution in [0.1, 0.15) is 17.5 Å². The molecule has 2 rings (SSSR count). The normalized spacial score (nSPS) is 11.8. The quantitative estimate of drug-likeness (QED) is 0.493. The van der Waals surface area contributed by atoms with Crippen LogP contribution in [-0.2, 0) is 0 Å². The van der Waals surface area contributed by atoms with Gasteiger partial charge in [0.05, 0.1) is 16.3 Å². The minimum Gasteiger partial charge on any atom is -0.411 e. The largest absolute Gasteiger partial charge is 0.411 e. The standard InChI is InChI=1S/C11H11N3OS/c1-7-10(8(2)14-15)16-11(13-7)9-4-3-5-12-6-9/h3-6,15H,1-2H3/b14-8-. The van der Waals surface area contributed by atoms with Crippen LogP contribution in [-0.4, -0.2) is 20.9 Å². The number of oxime groups is 1. The molecule has 0 aliphatic rings. The van der Waals surface area contributed by atoms with Crippen molar-refractivity contribution < 1.29 is 5.21 Å². The van der Waals surface area contributed by atoms with Crippen LogP contribution in [0.4, 0.5) is 0 Å². The van der Waals surface area contributed by atoms with Gasteiger partial charge in [0.25, 0.3) is 0 Å². The number of hydrogen-bond donors (Lipinski definition) is 1. The third-order valence-corrected chi connectivity index (χ3v) is 3.50. The lowest BCUT2D eigenvalue weighted by Gasteiger charge is -1.92. The first kappa shape index (κ1) is 10.8. The van der Waals surface area contributed by atoms with Crippen molar-refractivity contribution >= 4 is 17.0 Å².